The number of hydrogen-bond donors (Lipinski definition) is 2. The second kappa shape index (κ2) is 6.24. The number of nitrogens with zero attached hydrogens (tertiary/aromatic N) is 2. The number of ether oxygens (including phenoxy) is 1. The molecule has 5 nitrogen and oxygen atoms in total. The summed E-state index contributed by atoms with van der Waals surface area (Å²) in [7, 11) is 0. The lowest BCUT2D eigenvalue weighted by molar-refractivity contribution is 0.441. The quantitative estimate of drug-likeness (QED) is 0.706. The fourth-order valence-electron chi connectivity index (χ4n) is 2.88. The Labute approximate surface area is 153 Å². The van der Waals surface area contributed by atoms with Gasteiger partial charge in [-0.05, 0) is 30.3 Å². The number of anilines is 2. The zero-order valence-electron chi connectivity index (χ0n) is 13.4. The molecular formula is C19H13FN4OS. The molecular weight excluding hydrogens is 351 g/mol. The first-order valence-electron chi connectivity index (χ1n) is 7.76. The molecule has 0 saturated carbocycles. The van der Waals surface area contributed by atoms with Crippen LogP contribution in [0, 0.1) is 17.1 Å². The van der Waals surface area contributed by atoms with Crippen LogP contribution < -0.4 is 16.2 Å². The van der Waals surface area contributed by atoms with Crippen LogP contribution in [-0.2, 0) is 0 Å². The van der Waals surface area contributed by atoms with Crippen LogP contribution in [0.15, 0.2) is 53.4 Å². The molecule has 0 radical (unpaired) electrons. The van der Waals surface area contributed by atoms with Gasteiger partial charge < -0.3 is 16.2 Å². The lowest BCUT2D eigenvalue weighted by Gasteiger charge is -2.28. The number of hydrogen-bond acceptors (Lipinski definition) is 6. The predicted molar refractivity (Wildman–Crippen MR) is 98.4 cm³/mol. The van der Waals surface area contributed by atoms with E-state index in [0.717, 1.165) is 10.5 Å². The molecule has 0 spiro atoms. The molecule has 26 heavy (non-hydrogen) atoms. The minimum atomic E-state index is -0.303. The molecule has 0 aliphatic carbocycles. The van der Waals surface area contributed by atoms with Crippen LogP contribution in [0.5, 0.6) is 11.6 Å². The van der Waals surface area contributed by atoms with Gasteiger partial charge in [-0.25, -0.2) is 4.39 Å². The predicted octanol–water partition coefficient (Wildman–Crippen LogP) is 4.24. The lowest BCUT2D eigenvalue weighted by atomic mass is 9.98. The maximum absolute atomic E-state index is 13.2. The van der Waals surface area contributed by atoms with E-state index in [9.17, 15) is 9.65 Å². The minimum Gasteiger partial charge on any atom is -0.438 e. The van der Waals surface area contributed by atoms with Crippen molar-refractivity contribution in [1.82, 2.24) is 4.98 Å². The van der Waals surface area contributed by atoms with Crippen LogP contribution in [0.3, 0.4) is 0 Å². The number of para-hydroxylation sites is 1. The van der Waals surface area contributed by atoms with Gasteiger partial charge in [-0.1, -0.05) is 18.2 Å². The van der Waals surface area contributed by atoms with E-state index in [1.807, 2.05) is 30.3 Å². The maximum Gasteiger partial charge on any atom is 0.228 e. The van der Waals surface area contributed by atoms with Gasteiger partial charge in [-0.3, -0.25) is 0 Å². The van der Waals surface area contributed by atoms with Crippen LogP contribution in [-0.4, -0.2) is 4.98 Å². The first kappa shape index (κ1) is 16.2. The summed E-state index contributed by atoms with van der Waals surface area (Å²) in [5.74, 6) is 0.671. The number of nitriles is 1. The summed E-state index contributed by atoms with van der Waals surface area (Å²) in [6, 6.07) is 15.7. The third-order valence-corrected chi connectivity index (χ3v) is 5.39. The molecule has 2 aromatic carbocycles. The molecule has 1 aliphatic heterocycles. The van der Waals surface area contributed by atoms with Crippen molar-refractivity contribution >= 4 is 23.3 Å². The second-order valence-corrected chi connectivity index (χ2v) is 6.89. The van der Waals surface area contributed by atoms with Crippen molar-refractivity contribution in [3.05, 3.63) is 71.0 Å². The van der Waals surface area contributed by atoms with Crippen molar-refractivity contribution in [3.8, 4) is 17.7 Å². The summed E-state index contributed by atoms with van der Waals surface area (Å²) in [5.41, 5.74) is 14.0. The van der Waals surface area contributed by atoms with E-state index in [1.165, 1.54) is 23.9 Å². The third kappa shape index (κ3) is 2.61. The zero-order valence-corrected chi connectivity index (χ0v) is 14.3. The summed E-state index contributed by atoms with van der Waals surface area (Å²) in [4.78, 5) is 5.09. The van der Waals surface area contributed by atoms with E-state index >= 15 is 0 Å². The van der Waals surface area contributed by atoms with Crippen molar-refractivity contribution in [3.63, 3.8) is 0 Å². The SMILES string of the molecule is N#Cc1c(N)nc2c(c1N)C(Sc1ccc(F)cc1)c1ccccc1O2. The molecule has 0 amide bonds. The van der Waals surface area contributed by atoms with E-state index in [1.54, 1.807) is 12.1 Å². The van der Waals surface area contributed by atoms with Crippen molar-refractivity contribution in [2.45, 2.75) is 10.1 Å². The van der Waals surface area contributed by atoms with Crippen LogP contribution in [0.4, 0.5) is 15.9 Å². The third-order valence-electron chi connectivity index (χ3n) is 4.12. The fourth-order valence-corrected chi connectivity index (χ4v) is 4.12. The van der Waals surface area contributed by atoms with Crippen LogP contribution in [0.1, 0.15) is 21.9 Å². The Hall–Kier alpha value is -3.24. The first-order valence-corrected chi connectivity index (χ1v) is 8.64. The summed E-state index contributed by atoms with van der Waals surface area (Å²) >= 11 is 1.48. The van der Waals surface area contributed by atoms with Crippen LogP contribution >= 0.6 is 11.8 Å². The van der Waals surface area contributed by atoms with Gasteiger partial charge in [0.25, 0.3) is 0 Å². The Morgan fingerprint density at radius 2 is 1.85 bits per heavy atom. The molecule has 1 unspecified atom stereocenters. The minimum absolute atomic E-state index is 0.0358. The van der Waals surface area contributed by atoms with Crippen LogP contribution in [0.25, 0.3) is 0 Å². The number of benzene rings is 2. The molecule has 128 valence electrons. The average molecular weight is 364 g/mol. The van der Waals surface area contributed by atoms with Crippen molar-refractivity contribution < 1.29 is 9.13 Å². The molecule has 4 N–H and O–H groups in total. The van der Waals surface area contributed by atoms with E-state index in [-0.39, 0.29) is 34.0 Å². The molecule has 1 aliphatic rings. The molecule has 7 heteroatoms. The van der Waals surface area contributed by atoms with Gasteiger partial charge in [-0.2, -0.15) is 10.2 Å². The van der Waals surface area contributed by atoms with E-state index in [4.69, 9.17) is 16.2 Å². The zero-order chi connectivity index (χ0) is 18.3. The summed E-state index contributed by atoms with van der Waals surface area (Å²) in [5, 5.41) is 9.10. The van der Waals surface area contributed by atoms with Gasteiger partial charge >= 0.3 is 0 Å². The highest BCUT2D eigenvalue weighted by Crippen LogP contribution is 2.53. The highest BCUT2D eigenvalue weighted by Gasteiger charge is 2.33. The molecule has 1 aromatic heterocycles. The average Bonchev–Trinajstić information content (AvgIpc) is 2.63. The Balaban J connectivity index is 1.90. The number of rotatable bonds is 2. The van der Waals surface area contributed by atoms with E-state index in [0.29, 0.717) is 11.3 Å². The van der Waals surface area contributed by atoms with Gasteiger partial charge in [-0.15, -0.1) is 11.8 Å². The van der Waals surface area contributed by atoms with E-state index in [2.05, 4.69) is 4.98 Å². The number of aromatic nitrogens is 1. The summed E-state index contributed by atoms with van der Waals surface area (Å²) < 4.78 is 19.1. The highest BCUT2D eigenvalue weighted by atomic mass is 32.2. The Morgan fingerprint density at radius 3 is 2.58 bits per heavy atom. The molecule has 2 heterocycles. The van der Waals surface area contributed by atoms with Crippen LogP contribution in [0.2, 0.25) is 0 Å². The van der Waals surface area contributed by atoms with Gasteiger partial charge in [0.2, 0.25) is 5.88 Å². The molecule has 0 bridgehead atoms. The Bertz CT molecular complexity index is 1050. The summed E-state index contributed by atoms with van der Waals surface area (Å²) in [6.07, 6.45) is 0. The molecule has 3 aromatic rings. The number of pyridine rings is 1. The second-order valence-electron chi connectivity index (χ2n) is 5.71. The molecule has 0 saturated heterocycles. The van der Waals surface area contributed by atoms with Crippen molar-refractivity contribution in [1.29, 1.82) is 5.26 Å². The number of halogens is 1. The number of nitrogens with two attached hydrogens (primary N) is 2. The molecule has 0 fully saturated rings. The largest absolute Gasteiger partial charge is 0.438 e. The Kier molecular flexibility index (Phi) is 3.90. The number of fused-ring (bicyclic) bond motifs is 2. The Morgan fingerprint density at radius 1 is 1.12 bits per heavy atom. The normalized spacial score (nSPS) is 14.7. The number of nitrogen functional groups attached to an aromatic ring is 2. The maximum atomic E-state index is 13.2. The highest BCUT2D eigenvalue weighted by molar-refractivity contribution is 7.99. The van der Waals surface area contributed by atoms with Crippen molar-refractivity contribution in [2.75, 3.05) is 11.5 Å². The first-order chi connectivity index (χ1) is 12.6. The standard InChI is InChI=1S/C19H13FN4OS/c20-10-5-7-11(8-6-10)26-17-12-3-1-2-4-14(12)25-19-15(17)16(22)13(9-21)18(23)24-19/h1-8,17H,(H4,22,23,24). The summed E-state index contributed by atoms with van der Waals surface area (Å²) in [6.45, 7) is 0. The fraction of sp³-hybridized carbons (Fsp3) is 0.0526. The monoisotopic (exact) mass is 364 g/mol. The van der Waals surface area contributed by atoms with Crippen molar-refractivity contribution in [2.24, 2.45) is 0 Å². The smallest absolute Gasteiger partial charge is 0.228 e. The van der Waals surface area contributed by atoms with Gasteiger partial charge in [0.15, 0.2) is 0 Å². The molecule has 1 atom stereocenters. The topological polar surface area (TPSA) is 98.0 Å². The van der Waals surface area contributed by atoms with Gasteiger partial charge in [0.1, 0.15) is 29.0 Å². The molecule has 4 rings (SSSR count). The van der Waals surface area contributed by atoms with E-state index < -0.39 is 0 Å². The number of thioether (sulfide) groups is 1. The lowest BCUT2D eigenvalue weighted by Crippen LogP contribution is -2.14. The van der Waals surface area contributed by atoms with Gasteiger partial charge in [0.05, 0.1) is 16.5 Å². The van der Waals surface area contributed by atoms with Gasteiger partial charge in [0, 0.05) is 10.5 Å².